The van der Waals surface area contributed by atoms with Crippen molar-refractivity contribution >= 4 is 17.0 Å². The number of hydrogen-bond donors (Lipinski definition) is 1. The molecular weight excluding hydrogens is 374 g/mol. The van der Waals surface area contributed by atoms with Gasteiger partial charge in [-0.3, -0.25) is 5.32 Å². The van der Waals surface area contributed by atoms with Gasteiger partial charge in [0.1, 0.15) is 5.75 Å². The Hall–Kier alpha value is -2.16. The maximum absolute atomic E-state index is 12.1. The Kier molecular flexibility index (Phi) is 6.45. The van der Waals surface area contributed by atoms with E-state index in [0.29, 0.717) is 13.2 Å². The third-order valence-electron chi connectivity index (χ3n) is 4.98. The zero-order chi connectivity index (χ0) is 21.2. The number of methoxy groups -OCH3 is 2. The van der Waals surface area contributed by atoms with E-state index in [2.05, 4.69) is 16.8 Å². The lowest BCUT2D eigenvalue weighted by atomic mass is 10.1. The summed E-state index contributed by atoms with van der Waals surface area (Å²) in [4.78, 5) is 12.1. The summed E-state index contributed by atoms with van der Waals surface area (Å²) in [5.41, 5.74) is 1.70. The molecule has 2 heterocycles. The molecule has 1 aromatic heterocycles. The van der Waals surface area contributed by atoms with Crippen molar-refractivity contribution in [2.75, 3.05) is 20.8 Å². The predicted molar refractivity (Wildman–Crippen MR) is 108 cm³/mol. The van der Waals surface area contributed by atoms with Gasteiger partial charge in [-0.2, -0.15) is 0 Å². The fraction of sp³-hybridized carbons (Fsp3) is 0.619. The largest absolute Gasteiger partial charge is 0.497 e. The molecule has 0 radical (unpaired) electrons. The topological polar surface area (TPSA) is 74.8 Å². The maximum Gasteiger partial charge on any atom is 0.348 e. The van der Waals surface area contributed by atoms with E-state index in [4.69, 9.17) is 18.9 Å². The minimum absolute atomic E-state index is 0.0960. The lowest BCUT2D eigenvalue weighted by Gasteiger charge is -2.40. The second-order valence-electron chi connectivity index (χ2n) is 8.10. The van der Waals surface area contributed by atoms with Gasteiger partial charge in [0.15, 0.2) is 23.9 Å². The molecule has 1 saturated heterocycles. The van der Waals surface area contributed by atoms with Crippen LogP contribution in [0, 0.1) is 0 Å². The zero-order valence-corrected chi connectivity index (χ0v) is 18.2. The molecule has 2 aromatic rings. The lowest BCUT2D eigenvalue weighted by molar-refractivity contribution is -0.669. The Balaban J connectivity index is 1.90. The van der Waals surface area contributed by atoms with Gasteiger partial charge < -0.3 is 18.9 Å². The van der Waals surface area contributed by atoms with Crippen molar-refractivity contribution in [2.24, 2.45) is 0 Å². The number of aryl methyl sites for hydroxylation is 1. The van der Waals surface area contributed by atoms with Crippen LogP contribution in [-0.4, -0.2) is 49.3 Å². The molecule has 1 aliphatic heterocycles. The molecule has 1 aromatic carbocycles. The first kappa shape index (κ1) is 21.5. The molecule has 1 N–H and O–H groups in total. The van der Waals surface area contributed by atoms with Gasteiger partial charge in [0.2, 0.25) is 0 Å². The second kappa shape index (κ2) is 8.69. The van der Waals surface area contributed by atoms with Crippen LogP contribution in [0.15, 0.2) is 18.2 Å². The summed E-state index contributed by atoms with van der Waals surface area (Å²) in [5.74, 6) is 1.48. The number of carbonyl (C=O) groups excluding carboxylic acids is 1. The summed E-state index contributed by atoms with van der Waals surface area (Å²) in [5, 5.41) is 3.53. The van der Waals surface area contributed by atoms with Crippen LogP contribution in [0.25, 0.3) is 11.0 Å². The molecular formula is C21H32N3O5+. The minimum atomic E-state index is -0.289. The summed E-state index contributed by atoms with van der Waals surface area (Å²) in [6.45, 7) is 10.2. The highest BCUT2D eigenvalue weighted by Crippen LogP contribution is 2.23. The molecule has 0 bridgehead atoms. The number of aromatic nitrogens is 2. The average molecular weight is 407 g/mol. The summed E-state index contributed by atoms with van der Waals surface area (Å²) < 4.78 is 26.0. The number of nitrogens with one attached hydrogen (secondary N) is 1. The van der Waals surface area contributed by atoms with E-state index in [9.17, 15) is 4.79 Å². The molecule has 2 atom stereocenters. The first-order chi connectivity index (χ1) is 13.8. The summed E-state index contributed by atoms with van der Waals surface area (Å²) in [6, 6.07) is 5.97. The van der Waals surface area contributed by atoms with Crippen LogP contribution in [0.1, 0.15) is 33.5 Å². The quantitative estimate of drug-likeness (QED) is 0.532. The van der Waals surface area contributed by atoms with Crippen LogP contribution in [-0.2, 0) is 38.6 Å². The van der Waals surface area contributed by atoms with Crippen molar-refractivity contribution in [3.05, 3.63) is 24.0 Å². The van der Waals surface area contributed by atoms with Crippen LogP contribution >= 0.6 is 0 Å². The van der Waals surface area contributed by atoms with Crippen molar-refractivity contribution in [2.45, 2.75) is 65.3 Å². The zero-order valence-electron chi connectivity index (χ0n) is 18.2. The summed E-state index contributed by atoms with van der Waals surface area (Å²) in [6.07, 6.45) is -0.274. The van der Waals surface area contributed by atoms with Gasteiger partial charge in [0, 0.05) is 6.07 Å². The number of imidazole rings is 1. The van der Waals surface area contributed by atoms with Crippen LogP contribution in [0.2, 0.25) is 0 Å². The molecule has 8 heteroatoms. The highest BCUT2D eigenvalue weighted by molar-refractivity contribution is 5.75. The Bertz CT molecular complexity index is 871. The molecule has 3 rings (SSSR count). The smallest absolute Gasteiger partial charge is 0.348 e. The van der Waals surface area contributed by atoms with Gasteiger partial charge in [0.05, 0.1) is 45.6 Å². The predicted octanol–water partition coefficient (Wildman–Crippen LogP) is 1.76. The highest BCUT2D eigenvalue weighted by Gasteiger charge is 2.37. The number of benzene rings is 1. The molecule has 2 unspecified atom stereocenters. The van der Waals surface area contributed by atoms with Crippen molar-refractivity contribution < 1.29 is 28.3 Å². The number of carbonyl (C=O) groups is 1. The van der Waals surface area contributed by atoms with E-state index in [0.717, 1.165) is 29.2 Å². The van der Waals surface area contributed by atoms with Crippen LogP contribution in [0.5, 0.6) is 5.75 Å². The number of nitrogens with zero attached hydrogens (tertiary/aromatic N) is 2. The molecule has 1 aliphatic rings. The lowest BCUT2D eigenvalue weighted by Crippen LogP contribution is -2.58. The van der Waals surface area contributed by atoms with Crippen molar-refractivity contribution in [1.82, 2.24) is 9.88 Å². The van der Waals surface area contributed by atoms with Crippen molar-refractivity contribution in [3.8, 4) is 5.75 Å². The first-order valence-corrected chi connectivity index (χ1v) is 9.96. The van der Waals surface area contributed by atoms with Crippen LogP contribution in [0.3, 0.4) is 0 Å². The molecule has 8 nitrogen and oxygen atoms in total. The molecule has 0 saturated carbocycles. The Morgan fingerprint density at radius 2 is 2.10 bits per heavy atom. The molecule has 0 amide bonds. The Morgan fingerprint density at radius 1 is 1.34 bits per heavy atom. The number of hydrogen-bond acceptors (Lipinski definition) is 6. The van der Waals surface area contributed by atoms with Gasteiger partial charge in [-0.05, 0) is 39.8 Å². The van der Waals surface area contributed by atoms with E-state index in [1.54, 1.807) is 7.11 Å². The summed E-state index contributed by atoms with van der Waals surface area (Å²) >= 11 is 0. The van der Waals surface area contributed by atoms with Gasteiger partial charge in [-0.25, -0.2) is 13.9 Å². The molecule has 160 valence electrons. The summed E-state index contributed by atoms with van der Waals surface area (Å²) in [7, 11) is 3.06. The third-order valence-corrected chi connectivity index (χ3v) is 4.98. The number of esters is 1. The van der Waals surface area contributed by atoms with E-state index in [1.807, 2.05) is 43.5 Å². The number of rotatable bonds is 8. The number of fused-ring (bicyclic) bond motifs is 1. The normalized spacial score (nSPS) is 19.2. The second-order valence-corrected chi connectivity index (χ2v) is 8.10. The molecule has 1 fully saturated rings. The molecule has 29 heavy (non-hydrogen) atoms. The van der Waals surface area contributed by atoms with Crippen LogP contribution in [0.4, 0.5) is 0 Å². The van der Waals surface area contributed by atoms with Gasteiger partial charge in [-0.15, -0.1) is 0 Å². The highest BCUT2D eigenvalue weighted by atomic mass is 16.7. The van der Waals surface area contributed by atoms with E-state index in [1.165, 1.54) is 7.11 Å². The third kappa shape index (κ3) is 4.71. The SMILES string of the molecule is CCn1c(CNC2COC2OC(C)(C)C)[n+](CC(=O)OC)c2ccc(OC)cc21. The fourth-order valence-electron chi connectivity index (χ4n) is 3.53. The van der Waals surface area contributed by atoms with Gasteiger partial charge >= 0.3 is 5.97 Å². The average Bonchev–Trinajstić information content (AvgIpc) is 2.96. The van der Waals surface area contributed by atoms with E-state index in [-0.39, 0.29) is 30.4 Å². The standard InChI is InChI=1S/C21H32N3O5/c1-7-23-17-10-14(26-5)8-9-16(17)24(12-19(25)27-6)18(23)11-22-15-13-28-20(15)29-21(2,3)4/h8-10,15,20,22H,7,11-13H2,1-6H3/q+1. The Morgan fingerprint density at radius 3 is 2.66 bits per heavy atom. The molecule has 0 spiro atoms. The van der Waals surface area contributed by atoms with Crippen molar-refractivity contribution in [3.63, 3.8) is 0 Å². The Labute approximate surface area is 171 Å². The minimum Gasteiger partial charge on any atom is -0.497 e. The number of ether oxygens (including phenoxy) is 4. The first-order valence-electron chi connectivity index (χ1n) is 9.96. The fourth-order valence-corrected chi connectivity index (χ4v) is 3.53. The van der Waals surface area contributed by atoms with E-state index >= 15 is 0 Å². The van der Waals surface area contributed by atoms with E-state index < -0.39 is 0 Å². The van der Waals surface area contributed by atoms with Crippen LogP contribution < -0.4 is 14.6 Å². The van der Waals surface area contributed by atoms with Crippen molar-refractivity contribution in [1.29, 1.82) is 0 Å². The van der Waals surface area contributed by atoms with Gasteiger partial charge in [0.25, 0.3) is 5.82 Å². The van der Waals surface area contributed by atoms with Gasteiger partial charge in [-0.1, -0.05) is 0 Å². The monoisotopic (exact) mass is 406 g/mol. The maximum atomic E-state index is 12.1. The molecule has 0 aliphatic carbocycles.